The van der Waals surface area contributed by atoms with Crippen molar-refractivity contribution < 1.29 is 9.47 Å². The molecule has 0 unspecified atom stereocenters. The molecule has 0 bridgehead atoms. The van der Waals surface area contributed by atoms with Gasteiger partial charge < -0.3 is 9.47 Å². The standard InChI is InChI=1S/C12H24N6O2/c1-8(2)18(9(3)4)6-7-20-12-15-10(17-13)14-11(16-12)19-5/h8-9H,6-7,13H2,1-5H3,(H,14,15,16,17). The Labute approximate surface area is 119 Å². The highest BCUT2D eigenvalue weighted by Crippen LogP contribution is 2.12. The normalized spacial score (nSPS) is 11.2. The third kappa shape index (κ3) is 4.78. The van der Waals surface area contributed by atoms with Gasteiger partial charge in [-0.3, -0.25) is 10.3 Å². The minimum Gasteiger partial charge on any atom is -0.467 e. The Kier molecular flexibility index (Phi) is 6.40. The van der Waals surface area contributed by atoms with Crippen molar-refractivity contribution in [1.29, 1.82) is 0 Å². The van der Waals surface area contributed by atoms with E-state index >= 15 is 0 Å². The number of nitrogen functional groups attached to an aromatic ring is 1. The first-order chi connectivity index (χ1) is 9.47. The van der Waals surface area contributed by atoms with Crippen LogP contribution in [0.25, 0.3) is 0 Å². The van der Waals surface area contributed by atoms with Crippen LogP contribution in [0.5, 0.6) is 12.0 Å². The molecule has 1 rings (SSSR count). The van der Waals surface area contributed by atoms with E-state index in [2.05, 4.69) is 53.0 Å². The zero-order valence-electron chi connectivity index (χ0n) is 12.8. The molecule has 20 heavy (non-hydrogen) atoms. The molecular formula is C12H24N6O2. The van der Waals surface area contributed by atoms with Gasteiger partial charge in [-0.1, -0.05) is 0 Å². The fraction of sp³-hybridized carbons (Fsp3) is 0.750. The number of aromatic nitrogens is 3. The smallest absolute Gasteiger partial charge is 0.324 e. The molecule has 0 amide bonds. The largest absolute Gasteiger partial charge is 0.467 e. The van der Waals surface area contributed by atoms with Crippen LogP contribution in [0.4, 0.5) is 5.95 Å². The van der Waals surface area contributed by atoms with Crippen LogP contribution in [0.15, 0.2) is 0 Å². The highest BCUT2D eigenvalue weighted by Gasteiger charge is 2.14. The SMILES string of the molecule is COc1nc(NN)nc(OCCN(C(C)C)C(C)C)n1. The van der Waals surface area contributed by atoms with E-state index in [0.29, 0.717) is 18.7 Å². The number of hydrogen-bond acceptors (Lipinski definition) is 8. The maximum Gasteiger partial charge on any atom is 0.324 e. The van der Waals surface area contributed by atoms with Gasteiger partial charge in [0, 0.05) is 18.6 Å². The highest BCUT2D eigenvalue weighted by atomic mass is 16.5. The fourth-order valence-corrected chi connectivity index (χ4v) is 1.91. The molecule has 0 aliphatic heterocycles. The second-order valence-corrected chi connectivity index (χ2v) is 4.85. The Bertz CT molecular complexity index is 383. The Morgan fingerprint density at radius 3 is 2.20 bits per heavy atom. The van der Waals surface area contributed by atoms with Gasteiger partial charge in [-0.05, 0) is 27.7 Å². The molecule has 0 aliphatic carbocycles. The number of hydrazine groups is 1. The third-order valence-corrected chi connectivity index (χ3v) is 2.81. The minimum atomic E-state index is 0.160. The maximum atomic E-state index is 5.54. The van der Waals surface area contributed by atoms with Crippen LogP contribution < -0.4 is 20.7 Å². The Morgan fingerprint density at radius 2 is 1.70 bits per heavy atom. The van der Waals surface area contributed by atoms with E-state index in [1.54, 1.807) is 0 Å². The van der Waals surface area contributed by atoms with Gasteiger partial charge >= 0.3 is 12.0 Å². The lowest BCUT2D eigenvalue weighted by atomic mass is 10.2. The van der Waals surface area contributed by atoms with Crippen molar-refractivity contribution in [2.45, 2.75) is 39.8 Å². The van der Waals surface area contributed by atoms with Crippen LogP contribution in [0.2, 0.25) is 0 Å². The van der Waals surface area contributed by atoms with Crippen LogP contribution in [0, 0.1) is 0 Å². The van der Waals surface area contributed by atoms with E-state index in [-0.39, 0.29) is 18.0 Å². The number of anilines is 1. The summed E-state index contributed by atoms with van der Waals surface area (Å²) in [4.78, 5) is 14.2. The molecule has 3 N–H and O–H groups in total. The third-order valence-electron chi connectivity index (χ3n) is 2.81. The van der Waals surface area contributed by atoms with Crippen LogP contribution >= 0.6 is 0 Å². The Morgan fingerprint density at radius 1 is 1.10 bits per heavy atom. The number of nitrogens with zero attached hydrogens (tertiary/aromatic N) is 4. The summed E-state index contributed by atoms with van der Waals surface area (Å²) in [6.07, 6.45) is 0. The summed E-state index contributed by atoms with van der Waals surface area (Å²) < 4.78 is 10.5. The molecule has 1 aromatic heterocycles. The van der Waals surface area contributed by atoms with E-state index in [4.69, 9.17) is 15.3 Å². The zero-order chi connectivity index (χ0) is 15.1. The molecule has 0 fully saturated rings. The van der Waals surface area contributed by atoms with Gasteiger partial charge in [0.15, 0.2) is 0 Å². The fourth-order valence-electron chi connectivity index (χ4n) is 1.91. The van der Waals surface area contributed by atoms with Crippen molar-refractivity contribution >= 4 is 5.95 Å². The van der Waals surface area contributed by atoms with Crippen LogP contribution in [-0.2, 0) is 0 Å². The van der Waals surface area contributed by atoms with E-state index < -0.39 is 0 Å². The molecule has 114 valence electrons. The molecule has 0 aliphatic rings. The minimum absolute atomic E-state index is 0.160. The number of hydrogen-bond donors (Lipinski definition) is 2. The van der Waals surface area contributed by atoms with Crippen molar-refractivity contribution in [1.82, 2.24) is 19.9 Å². The predicted molar refractivity (Wildman–Crippen MR) is 76.7 cm³/mol. The first kappa shape index (κ1) is 16.4. The second-order valence-electron chi connectivity index (χ2n) is 4.85. The average molecular weight is 284 g/mol. The summed E-state index contributed by atoms with van der Waals surface area (Å²) in [5.74, 6) is 5.48. The lowest BCUT2D eigenvalue weighted by Crippen LogP contribution is -2.39. The number of rotatable bonds is 8. The summed E-state index contributed by atoms with van der Waals surface area (Å²) >= 11 is 0. The van der Waals surface area contributed by atoms with Crippen molar-refractivity contribution in [3.8, 4) is 12.0 Å². The van der Waals surface area contributed by atoms with Gasteiger partial charge in [0.2, 0.25) is 5.95 Å². The van der Waals surface area contributed by atoms with Crippen molar-refractivity contribution in [3.63, 3.8) is 0 Å². The Hall–Kier alpha value is -1.67. The van der Waals surface area contributed by atoms with Crippen LogP contribution in [0.1, 0.15) is 27.7 Å². The molecule has 1 heterocycles. The van der Waals surface area contributed by atoms with Gasteiger partial charge in [0.1, 0.15) is 6.61 Å². The topological polar surface area (TPSA) is 98.4 Å². The van der Waals surface area contributed by atoms with Crippen LogP contribution in [-0.4, -0.2) is 52.2 Å². The van der Waals surface area contributed by atoms with Crippen molar-refractivity contribution in [2.75, 3.05) is 25.7 Å². The first-order valence-corrected chi connectivity index (χ1v) is 6.63. The number of ether oxygens (including phenoxy) is 2. The lowest BCUT2D eigenvalue weighted by molar-refractivity contribution is 0.137. The molecule has 0 spiro atoms. The molecular weight excluding hydrogens is 260 g/mol. The Balaban J connectivity index is 2.61. The zero-order valence-corrected chi connectivity index (χ0v) is 12.8. The summed E-state index contributed by atoms with van der Waals surface area (Å²) in [6, 6.07) is 1.25. The molecule has 0 aromatic carbocycles. The first-order valence-electron chi connectivity index (χ1n) is 6.63. The number of methoxy groups -OCH3 is 1. The monoisotopic (exact) mass is 284 g/mol. The molecule has 8 heteroatoms. The summed E-state index contributed by atoms with van der Waals surface area (Å²) in [5.41, 5.74) is 2.35. The summed E-state index contributed by atoms with van der Waals surface area (Å²) in [7, 11) is 1.47. The number of nitrogens with one attached hydrogen (secondary N) is 1. The van der Waals surface area contributed by atoms with E-state index in [1.807, 2.05) is 0 Å². The van der Waals surface area contributed by atoms with Gasteiger partial charge in [0.05, 0.1) is 7.11 Å². The molecule has 0 saturated heterocycles. The molecule has 8 nitrogen and oxygen atoms in total. The highest BCUT2D eigenvalue weighted by molar-refractivity contribution is 5.25. The van der Waals surface area contributed by atoms with E-state index in [0.717, 1.165) is 6.54 Å². The summed E-state index contributed by atoms with van der Waals surface area (Å²) in [5, 5.41) is 0. The molecule has 0 atom stereocenters. The average Bonchev–Trinajstić information content (AvgIpc) is 2.42. The molecule has 0 radical (unpaired) electrons. The molecule has 0 saturated carbocycles. The van der Waals surface area contributed by atoms with Gasteiger partial charge in [0.25, 0.3) is 0 Å². The van der Waals surface area contributed by atoms with E-state index in [1.165, 1.54) is 7.11 Å². The van der Waals surface area contributed by atoms with Gasteiger partial charge in [-0.15, -0.1) is 4.98 Å². The number of nitrogens with two attached hydrogens (primary N) is 1. The van der Waals surface area contributed by atoms with Gasteiger partial charge in [-0.2, -0.15) is 9.97 Å². The van der Waals surface area contributed by atoms with Gasteiger partial charge in [-0.25, -0.2) is 5.84 Å². The van der Waals surface area contributed by atoms with Crippen molar-refractivity contribution in [3.05, 3.63) is 0 Å². The van der Waals surface area contributed by atoms with Crippen molar-refractivity contribution in [2.24, 2.45) is 5.84 Å². The maximum absolute atomic E-state index is 5.54. The quantitative estimate of drug-likeness (QED) is 0.531. The second kappa shape index (κ2) is 7.81. The van der Waals surface area contributed by atoms with Crippen LogP contribution in [0.3, 0.4) is 0 Å². The molecule has 1 aromatic rings. The summed E-state index contributed by atoms with van der Waals surface area (Å²) in [6.45, 7) is 9.89. The lowest BCUT2D eigenvalue weighted by Gasteiger charge is -2.30. The predicted octanol–water partition coefficient (Wildman–Crippen LogP) is 0.663. The van der Waals surface area contributed by atoms with E-state index in [9.17, 15) is 0 Å².